The number of nitrogens with zero attached hydrogens (tertiary/aromatic N) is 1. The topological polar surface area (TPSA) is 56.3 Å². The molecule has 28 heavy (non-hydrogen) atoms. The van der Waals surface area contributed by atoms with Crippen LogP contribution in [-0.2, 0) is 5.75 Å². The molecule has 2 N–H and O–H groups in total. The highest BCUT2D eigenvalue weighted by molar-refractivity contribution is 7.98. The molecule has 3 aromatic rings. The number of benzene rings is 2. The quantitative estimate of drug-likeness (QED) is 0.562. The molecule has 0 spiro atoms. The van der Waals surface area contributed by atoms with Crippen LogP contribution in [0.15, 0.2) is 60.8 Å². The lowest BCUT2D eigenvalue weighted by atomic mass is 10.00. The van der Waals surface area contributed by atoms with Gasteiger partial charge in [-0.05, 0) is 35.3 Å². The van der Waals surface area contributed by atoms with Crippen molar-refractivity contribution < 1.29 is 9.90 Å². The van der Waals surface area contributed by atoms with Gasteiger partial charge < -0.3 is 10.1 Å². The second kappa shape index (κ2) is 8.67. The second-order valence-corrected chi connectivity index (χ2v) is 8.15. The van der Waals surface area contributed by atoms with E-state index in [0.29, 0.717) is 5.56 Å². The van der Waals surface area contributed by atoms with Gasteiger partial charge in [0.15, 0.2) is 0 Å². The lowest BCUT2D eigenvalue weighted by Crippen LogP contribution is -2.30. The van der Waals surface area contributed by atoms with Gasteiger partial charge in [0.1, 0.15) is 0 Å². The zero-order valence-corrected chi connectivity index (χ0v) is 16.5. The molecule has 0 radical (unpaired) electrons. The zero-order valence-electron chi connectivity index (χ0n) is 15.7. The van der Waals surface area contributed by atoms with E-state index in [9.17, 15) is 9.90 Å². The average Bonchev–Trinajstić information content (AvgIpc) is 3.15. The Balaban J connectivity index is 1.30. The molecular formula is C23H24N2O2S. The maximum atomic E-state index is 11.5. The first-order chi connectivity index (χ1) is 13.7. The van der Waals surface area contributed by atoms with E-state index in [0.717, 1.165) is 54.0 Å². The highest BCUT2D eigenvalue weighted by atomic mass is 32.2. The van der Waals surface area contributed by atoms with Gasteiger partial charge >= 0.3 is 5.97 Å². The van der Waals surface area contributed by atoms with Crippen LogP contribution in [0.4, 0.5) is 0 Å². The molecule has 0 amide bonds. The Hall–Kier alpha value is -2.50. The number of rotatable bonds is 7. The summed E-state index contributed by atoms with van der Waals surface area (Å²) in [4.78, 5) is 17.2. The summed E-state index contributed by atoms with van der Waals surface area (Å²) in [6, 6.07) is 16.0. The molecular weight excluding hydrogens is 368 g/mol. The molecule has 144 valence electrons. The molecule has 0 aliphatic carbocycles. The van der Waals surface area contributed by atoms with Crippen molar-refractivity contribution in [1.29, 1.82) is 0 Å². The van der Waals surface area contributed by atoms with Crippen LogP contribution in [0.5, 0.6) is 0 Å². The van der Waals surface area contributed by atoms with Crippen molar-refractivity contribution in [2.75, 3.05) is 25.4 Å². The van der Waals surface area contributed by atoms with E-state index in [1.165, 1.54) is 11.1 Å². The van der Waals surface area contributed by atoms with Gasteiger partial charge in [-0.3, -0.25) is 4.90 Å². The van der Waals surface area contributed by atoms with E-state index in [1.54, 1.807) is 12.1 Å². The Morgan fingerprint density at radius 2 is 2.00 bits per heavy atom. The number of aromatic nitrogens is 1. The Morgan fingerprint density at radius 1 is 1.14 bits per heavy atom. The van der Waals surface area contributed by atoms with Crippen molar-refractivity contribution in [3.05, 3.63) is 77.5 Å². The van der Waals surface area contributed by atoms with Crippen molar-refractivity contribution in [2.45, 2.75) is 12.2 Å². The summed E-state index contributed by atoms with van der Waals surface area (Å²) < 4.78 is 0. The lowest BCUT2D eigenvalue weighted by Gasteiger charge is -2.26. The number of thioether (sulfide) groups is 1. The standard InChI is InChI=1S/C23H24N2O2S/c26-23(27)20-7-4-8-21-22(20)19(15-24-21)16-28-14-13-25-11-9-18(10-12-25)17-5-2-1-3-6-17/h1-9,15,24H,10-14,16H2,(H,26,27). The molecule has 1 aromatic heterocycles. The third-order valence-electron chi connectivity index (χ3n) is 5.27. The summed E-state index contributed by atoms with van der Waals surface area (Å²) in [6.45, 7) is 3.15. The predicted octanol–water partition coefficient (Wildman–Crippen LogP) is 4.89. The molecule has 0 bridgehead atoms. The van der Waals surface area contributed by atoms with Crippen molar-refractivity contribution >= 4 is 34.2 Å². The fourth-order valence-electron chi connectivity index (χ4n) is 3.75. The molecule has 1 aliphatic rings. The number of hydrogen-bond donors (Lipinski definition) is 2. The Morgan fingerprint density at radius 3 is 2.75 bits per heavy atom. The number of carboxylic acids is 1. The number of carboxylic acid groups (broad SMARTS) is 1. The summed E-state index contributed by atoms with van der Waals surface area (Å²) in [6.07, 6.45) is 5.39. The SMILES string of the molecule is O=C(O)c1cccc2[nH]cc(CSCCN3CC=C(c4ccccc4)CC3)c12. The van der Waals surface area contributed by atoms with Gasteiger partial charge in [0.25, 0.3) is 0 Å². The molecule has 0 saturated heterocycles. The number of fused-ring (bicyclic) bond motifs is 1. The molecule has 4 rings (SSSR count). The minimum atomic E-state index is -0.870. The third-order valence-corrected chi connectivity index (χ3v) is 6.25. The van der Waals surface area contributed by atoms with E-state index < -0.39 is 5.97 Å². The number of aromatic amines is 1. The minimum absolute atomic E-state index is 0.379. The van der Waals surface area contributed by atoms with Crippen molar-refractivity contribution in [3.63, 3.8) is 0 Å². The summed E-state index contributed by atoms with van der Waals surface area (Å²) in [5.74, 6) is 0.991. The normalized spacial score (nSPS) is 14.9. The third kappa shape index (κ3) is 4.16. The van der Waals surface area contributed by atoms with Gasteiger partial charge in [0, 0.05) is 48.2 Å². The number of carbonyl (C=O) groups is 1. The van der Waals surface area contributed by atoms with E-state index in [1.807, 2.05) is 24.0 Å². The van der Waals surface area contributed by atoms with Crippen molar-refractivity contribution in [1.82, 2.24) is 9.88 Å². The van der Waals surface area contributed by atoms with Gasteiger partial charge in [0.05, 0.1) is 5.56 Å². The van der Waals surface area contributed by atoms with E-state index in [4.69, 9.17) is 0 Å². The van der Waals surface area contributed by atoms with Gasteiger partial charge in [-0.25, -0.2) is 4.79 Å². The first-order valence-electron chi connectivity index (χ1n) is 9.59. The Labute approximate surface area is 169 Å². The van der Waals surface area contributed by atoms with E-state index in [-0.39, 0.29) is 0 Å². The van der Waals surface area contributed by atoms with Crippen LogP contribution in [0.1, 0.15) is 27.9 Å². The maximum Gasteiger partial charge on any atom is 0.336 e. The molecule has 2 aromatic carbocycles. The molecule has 0 atom stereocenters. The smallest absolute Gasteiger partial charge is 0.336 e. The maximum absolute atomic E-state index is 11.5. The number of H-pyrrole nitrogens is 1. The zero-order chi connectivity index (χ0) is 19.3. The van der Waals surface area contributed by atoms with Gasteiger partial charge in [-0.2, -0.15) is 11.8 Å². The lowest BCUT2D eigenvalue weighted by molar-refractivity contribution is 0.0699. The van der Waals surface area contributed by atoms with Crippen LogP contribution >= 0.6 is 11.8 Å². The fraction of sp³-hybridized carbons (Fsp3) is 0.261. The Kier molecular flexibility index (Phi) is 5.84. The van der Waals surface area contributed by atoms with Crippen LogP contribution in [0, 0.1) is 0 Å². The highest BCUT2D eigenvalue weighted by Gasteiger charge is 2.15. The average molecular weight is 393 g/mol. The minimum Gasteiger partial charge on any atom is -0.478 e. The highest BCUT2D eigenvalue weighted by Crippen LogP contribution is 2.27. The largest absolute Gasteiger partial charge is 0.478 e. The van der Waals surface area contributed by atoms with Gasteiger partial charge in [0.2, 0.25) is 0 Å². The molecule has 0 unspecified atom stereocenters. The van der Waals surface area contributed by atoms with E-state index in [2.05, 4.69) is 46.3 Å². The van der Waals surface area contributed by atoms with E-state index >= 15 is 0 Å². The van der Waals surface area contributed by atoms with Crippen molar-refractivity contribution in [2.24, 2.45) is 0 Å². The first kappa shape index (κ1) is 18.8. The number of aromatic carboxylic acids is 1. The van der Waals surface area contributed by atoms with Crippen LogP contribution < -0.4 is 0 Å². The second-order valence-electron chi connectivity index (χ2n) is 7.05. The fourth-order valence-corrected chi connectivity index (χ4v) is 4.73. The number of nitrogens with one attached hydrogen (secondary N) is 1. The first-order valence-corrected chi connectivity index (χ1v) is 10.7. The molecule has 0 fully saturated rings. The van der Waals surface area contributed by atoms with Crippen LogP contribution in [0.25, 0.3) is 16.5 Å². The van der Waals surface area contributed by atoms with Crippen LogP contribution in [0.2, 0.25) is 0 Å². The molecule has 4 nitrogen and oxygen atoms in total. The van der Waals surface area contributed by atoms with Crippen molar-refractivity contribution in [3.8, 4) is 0 Å². The predicted molar refractivity (Wildman–Crippen MR) is 117 cm³/mol. The summed E-state index contributed by atoms with van der Waals surface area (Å²) in [5, 5.41) is 10.3. The molecule has 0 saturated carbocycles. The number of hydrogen-bond acceptors (Lipinski definition) is 3. The molecule has 2 heterocycles. The Bertz CT molecular complexity index is 994. The molecule has 1 aliphatic heterocycles. The molecule has 5 heteroatoms. The monoisotopic (exact) mass is 392 g/mol. The van der Waals surface area contributed by atoms with Gasteiger partial charge in [-0.15, -0.1) is 0 Å². The van der Waals surface area contributed by atoms with Crippen LogP contribution in [-0.4, -0.2) is 46.3 Å². The summed E-state index contributed by atoms with van der Waals surface area (Å²) in [7, 11) is 0. The summed E-state index contributed by atoms with van der Waals surface area (Å²) >= 11 is 1.86. The van der Waals surface area contributed by atoms with Gasteiger partial charge in [-0.1, -0.05) is 42.5 Å². The summed E-state index contributed by atoms with van der Waals surface area (Å²) in [5.41, 5.74) is 5.13. The van der Waals surface area contributed by atoms with Crippen LogP contribution in [0.3, 0.4) is 0 Å².